The number of pyridine rings is 1. The van der Waals surface area contributed by atoms with Crippen LogP contribution in [0, 0.1) is 6.92 Å². The fourth-order valence-electron chi connectivity index (χ4n) is 4.58. The summed E-state index contributed by atoms with van der Waals surface area (Å²) in [5.41, 5.74) is 9.83. The molecule has 0 amide bonds. The van der Waals surface area contributed by atoms with E-state index in [1.54, 1.807) is 50.9 Å². The molecule has 1 aliphatic rings. The molecule has 0 aliphatic carbocycles. The zero-order valence-corrected chi connectivity index (χ0v) is 21.5. The standard InChI is InChI=1S/C25H32N7O3S/c1-17-9-21(23(36(27,34)35)10-19(17)6-7-25(2,3)33)22-14-29-24(26)16-32(22,20-12-30-31-13-20)15-18-5-4-8-28-11-18/h4-5,8-14,33H,6-7,15-16H2,1-3H3,(H2,26,29)(H,30,31)(H2,27,34,35)/q+1. The zero-order chi connectivity index (χ0) is 26.1. The molecule has 4 rings (SSSR count). The van der Waals surface area contributed by atoms with Gasteiger partial charge < -0.3 is 10.8 Å². The summed E-state index contributed by atoms with van der Waals surface area (Å²) in [6.45, 7) is 6.09. The molecule has 2 aromatic heterocycles. The molecule has 1 unspecified atom stereocenters. The van der Waals surface area contributed by atoms with Crippen molar-refractivity contribution in [2.75, 3.05) is 6.54 Å². The van der Waals surface area contributed by atoms with Gasteiger partial charge in [-0.1, -0.05) is 6.07 Å². The second-order valence-electron chi connectivity index (χ2n) is 9.87. The summed E-state index contributed by atoms with van der Waals surface area (Å²) in [5, 5.41) is 23.0. The van der Waals surface area contributed by atoms with E-state index in [-0.39, 0.29) is 9.38 Å². The Morgan fingerprint density at radius 1 is 1.25 bits per heavy atom. The van der Waals surface area contributed by atoms with Gasteiger partial charge in [-0.25, -0.2) is 23.0 Å². The van der Waals surface area contributed by atoms with E-state index in [4.69, 9.17) is 10.9 Å². The Morgan fingerprint density at radius 3 is 2.64 bits per heavy atom. The molecule has 3 aromatic rings. The topological polar surface area (TPSA) is 160 Å². The van der Waals surface area contributed by atoms with Gasteiger partial charge in [0, 0.05) is 18.0 Å². The van der Waals surface area contributed by atoms with Crippen LogP contribution in [0.25, 0.3) is 5.70 Å². The first-order chi connectivity index (χ1) is 16.9. The number of nitrogens with two attached hydrogens (primary N) is 2. The number of aromatic nitrogens is 3. The van der Waals surface area contributed by atoms with Gasteiger partial charge in [0.1, 0.15) is 19.3 Å². The van der Waals surface area contributed by atoms with E-state index in [0.29, 0.717) is 43.0 Å². The number of aliphatic imine (C=N–C) groups is 1. The fraction of sp³-hybridized carbons (Fsp3) is 0.320. The predicted molar refractivity (Wildman–Crippen MR) is 140 cm³/mol. The number of rotatable bonds is 8. The lowest BCUT2D eigenvalue weighted by atomic mass is 9.94. The number of aromatic amines is 1. The first-order valence-corrected chi connectivity index (χ1v) is 13.1. The molecule has 0 fully saturated rings. The maximum atomic E-state index is 12.9. The van der Waals surface area contributed by atoms with Crippen LogP contribution in [0.1, 0.15) is 42.5 Å². The average Bonchev–Trinajstić information content (AvgIpc) is 3.33. The van der Waals surface area contributed by atoms with Crippen LogP contribution in [-0.4, -0.2) is 46.7 Å². The van der Waals surface area contributed by atoms with Crippen molar-refractivity contribution in [1.82, 2.24) is 19.7 Å². The molecule has 0 saturated heterocycles. The molecule has 1 aromatic carbocycles. The summed E-state index contributed by atoms with van der Waals surface area (Å²) in [4.78, 5) is 8.63. The molecule has 1 aliphatic heterocycles. The number of sulfonamides is 1. The number of nitrogens with one attached hydrogen (secondary N) is 1. The quantitative estimate of drug-likeness (QED) is 0.340. The third-order valence-corrected chi connectivity index (χ3v) is 7.38. The van der Waals surface area contributed by atoms with Crippen LogP contribution >= 0.6 is 0 Å². The highest BCUT2D eigenvalue weighted by Crippen LogP contribution is 2.41. The van der Waals surface area contributed by atoms with Crippen molar-refractivity contribution in [2.24, 2.45) is 15.9 Å². The number of aliphatic hydroxyl groups is 1. The molecule has 10 nitrogen and oxygen atoms in total. The zero-order valence-electron chi connectivity index (χ0n) is 20.6. The molecule has 0 saturated carbocycles. The Balaban J connectivity index is 1.94. The molecular formula is C25H32N7O3S+. The lowest BCUT2D eigenvalue weighted by Gasteiger charge is -2.40. The number of nitrogens with zero attached hydrogens (tertiary/aromatic N) is 4. The SMILES string of the molecule is Cc1cc(C2=CN=C(N)C[N+]2(Cc2cccnc2)c2cn[nH]c2)c(S(N)(=O)=O)cc1CCC(C)(C)O. The van der Waals surface area contributed by atoms with Crippen molar-refractivity contribution in [3.63, 3.8) is 0 Å². The van der Waals surface area contributed by atoms with Crippen LogP contribution in [-0.2, 0) is 23.0 Å². The van der Waals surface area contributed by atoms with Gasteiger partial charge in [0.25, 0.3) is 0 Å². The Kier molecular flexibility index (Phi) is 6.84. The van der Waals surface area contributed by atoms with Crippen LogP contribution in [0.2, 0.25) is 0 Å². The van der Waals surface area contributed by atoms with E-state index >= 15 is 0 Å². The normalized spacial score (nSPS) is 18.6. The van der Waals surface area contributed by atoms with E-state index in [2.05, 4.69) is 20.2 Å². The second kappa shape index (κ2) is 9.58. The number of benzene rings is 1. The fourth-order valence-corrected chi connectivity index (χ4v) is 5.35. The Morgan fingerprint density at radius 2 is 2.03 bits per heavy atom. The summed E-state index contributed by atoms with van der Waals surface area (Å²) >= 11 is 0. The highest BCUT2D eigenvalue weighted by molar-refractivity contribution is 7.89. The molecule has 36 heavy (non-hydrogen) atoms. The first kappa shape index (κ1) is 25.7. The minimum Gasteiger partial charge on any atom is -0.390 e. The number of amidine groups is 1. The van der Waals surface area contributed by atoms with Crippen LogP contribution < -0.4 is 15.4 Å². The van der Waals surface area contributed by atoms with Crippen LogP contribution in [0.5, 0.6) is 0 Å². The van der Waals surface area contributed by atoms with E-state index in [9.17, 15) is 13.5 Å². The maximum Gasteiger partial charge on any atom is 0.238 e. The number of hydrogen-bond acceptors (Lipinski definition) is 7. The lowest BCUT2D eigenvalue weighted by Crippen LogP contribution is -2.53. The van der Waals surface area contributed by atoms with Crippen molar-refractivity contribution in [1.29, 1.82) is 0 Å². The summed E-state index contributed by atoms with van der Waals surface area (Å²) in [6.07, 6.45) is 9.52. The Bertz CT molecular complexity index is 1410. The van der Waals surface area contributed by atoms with Gasteiger partial charge in [-0.05, 0) is 62.9 Å². The molecule has 3 heterocycles. The van der Waals surface area contributed by atoms with E-state index in [0.717, 1.165) is 22.4 Å². The number of primary sulfonamides is 1. The number of H-pyrrole nitrogens is 1. The predicted octanol–water partition coefficient (Wildman–Crippen LogP) is 2.34. The summed E-state index contributed by atoms with van der Waals surface area (Å²) < 4.78 is 25.9. The highest BCUT2D eigenvalue weighted by atomic mass is 32.2. The van der Waals surface area contributed by atoms with Gasteiger partial charge in [-0.3, -0.25) is 10.1 Å². The molecule has 6 N–H and O–H groups in total. The highest BCUT2D eigenvalue weighted by Gasteiger charge is 2.42. The van der Waals surface area contributed by atoms with Gasteiger partial charge in [0.15, 0.2) is 17.2 Å². The molecular weight excluding hydrogens is 478 g/mol. The van der Waals surface area contributed by atoms with Gasteiger partial charge in [-0.15, -0.1) is 0 Å². The molecule has 11 heteroatoms. The molecule has 0 bridgehead atoms. The van der Waals surface area contributed by atoms with Crippen molar-refractivity contribution >= 4 is 27.2 Å². The van der Waals surface area contributed by atoms with E-state index < -0.39 is 15.6 Å². The van der Waals surface area contributed by atoms with Crippen molar-refractivity contribution in [3.8, 4) is 0 Å². The monoisotopic (exact) mass is 510 g/mol. The van der Waals surface area contributed by atoms with Crippen molar-refractivity contribution in [3.05, 3.63) is 77.5 Å². The van der Waals surface area contributed by atoms with Gasteiger partial charge in [-0.2, -0.15) is 5.10 Å². The average molecular weight is 511 g/mol. The summed E-state index contributed by atoms with van der Waals surface area (Å²) in [6, 6.07) is 7.25. The van der Waals surface area contributed by atoms with Gasteiger partial charge in [0.05, 0.1) is 28.5 Å². The number of quaternary nitrogens is 1. The van der Waals surface area contributed by atoms with Crippen molar-refractivity contribution < 1.29 is 13.5 Å². The molecule has 190 valence electrons. The Labute approximate surface area is 211 Å². The summed E-state index contributed by atoms with van der Waals surface area (Å²) in [7, 11) is -4.11. The third-order valence-electron chi connectivity index (χ3n) is 6.43. The lowest BCUT2D eigenvalue weighted by molar-refractivity contribution is 0.0713. The van der Waals surface area contributed by atoms with Crippen LogP contribution in [0.3, 0.4) is 0 Å². The minimum atomic E-state index is -4.11. The van der Waals surface area contributed by atoms with E-state index in [1.165, 1.54) is 0 Å². The maximum absolute atomic E-state index is 12.9. The number of hydrogen-bond donors (Lipinski definition) is 4. The smallest absolute Gasteiger partial charge is 0.238 e. The van der Waals surface area contributed by atoms with Gasteiger partial charge in [0.2, 0.25) is 10.0 Å². The molecule has 0 radical (unpaired) electrons. The van der Waals surface area contributed by atoms with Crippen LogP contribution in [0.15, 0.2) is 65.1 Å². The van der Waals surface area contributed by atoms with Crippen LogP contribution in [0.4, 0.5) is 5.69 Å². The Hall–Kier alpha value is -3.38. The molecule has 0 spiro atoms. The molecule has 1 atom stereocenters. The second-order valence-corrected chi connectivity index (χ2v) is 11.4. The summed E-state index contributed by atoms with van der Waals surface area (Å²) in [5.74, 6) is 0.402. The number of aryl methyl sites for hydroxylation is 2. The first-order valence-electron chi connectivity index (χ1n) is 11.6. The third kappa shape index (κ3) is 5.39. The largest absolute Gasteiger partial charge is 0.390 e. The minimum absolute atomic E-state index is 0.00190. The van der Waals surface area contributed by atoms with Crippen molar-refractivity contribution in [2.45, 2.75) is 50.7 Å². The van der Waals surface area contributed by atoms with Gasteiger partial charge >= 0.3 is 0 Å². The van der Waals surface area contributed by atoms with E-state index in [1.807, 2.05) is 25.1 Å².